The predicted molar refractivity (Wildman–Crippen MR) is 79.2 cm³/mol. The normalized spacial score (nSPS) is 11.9. The molecule has 2 aromatic rings. The van der Waals surface area contributed by atoms with Gasteiger partial charge in [-0.25, -0.2) is 0 Å². The van der Waals surface area contributed by atoms with Gasteiger partial charge < -0.3 is 16.2 Å². The van der Waals surface area contributed by atoms with Crippen LogP contribution in [0.1, 0.15) is 17.2 Å². The lowest BCUT2D eigenvalue weighted by Gasteiger charge is -2.12. The summed E-state index contributed by atoms with van der Waals surface area (Å²) in [4.78, 5) is 12.0. The predicted octanol–water partition coefficient (Wildman–Crippen LogP) is 1.86. The number of hydrogen-bond donors (Lipinski definition) is 3. The second kappa shape index (κ2) is 6.84. The van der Waals surface area contributed by atoms with E-state index in [9.17, 15) is 4.79 Å². The first-order chi connectivity index (χ1) is 9.70. The van der Waals surface area contributed by atoms with Crippen molar-refractivity contribution in [2.75, 3.05) is 11.9 Å². The van der Waals surface area contributed by atoms with E-state index in [2.05, 4.69) is 5.32 Å². The van der Waals surface area contributed by atoms with Crippen LogP contribution in [0.2, 0.25) is 0 Å². The molecule has 104 valence electrons. The van der Waals surface area contributed by atoms with Gasteiger partial charge in [-0.05, 0) is 29.7 Å². The first kappa shape index (κ1) is 14.2. The zero-order chi connectivity index (χ0) is 14.4. The highest BCUT2D eigenvalue weighted by Gasteiger charge is 2.15. The van der Waals surface area contributed by atoms with Gasteiger partial charge in [-0.15, -0.1) is 0 Å². The minimum Gasteiger partial charge on any atom is -0.396 e. The van der Waals surface area contributed by atoms with Crippen molar-refractivity contribution in [2.24, 2.45) is 5.73 Å². The van der Waals surface area contributed by atoms with E-state index in [1.54, 1.807) is 12.1 Å². The molecule has 4 N–H and O–H groups in total. The van der Waals surface area contributed by atoms with Crippen molar-refractivity contribution in [2.45, 2.75) is 12.5 Å². The molecule has 0 aromatic heterocycles. The Bertz CT molecular complexity index is 552. The Balaban J connectivity index is 2.00. The molecule has 1 amide bonds. The van der Waals surface area contributed by atoms with Gasteiger partial charge in [0.25, 0.3) is 0 Å². The highest BCUT2D eigenvalue weighted by molar-refractivity contribution is 5.95. The fourth-order valence-corrected chi connectivity index (χ4v) is 1.92. The van der Waals surface area contributed by atoms with E-state index < -0.39 is 6.04 Å². The van der Waals surface area contributed by atoms with Crippen LogP contribution < -0.4 is 11.1 Å². The van der Waals surface area contributed by atoms with Crippen LogP contribution in [-0.4, -0.2) is 17.6 Å². The van der Waals surface area contributed by atoms with E-state index in [-0.39, 0.29) is 12.5 Å². The molecule has 0 aliphatic heterocycles. The molecule has 0 spiro atoms. The Hall–Kier alpha value is -2.17. The highest BCUT2D eigenvalue weighted by Crippen LogP contribution is 2.14. The van der Waals surface area contributed by atoms with Crippen LogP contribution >= 0.6 is 0 Å². The average Bonchev–Trinajstić information content (AvgIpc) is 2.49. The number of carbonyl (C=O) groups is 1. The summed E-state index contributed by atoms with van der Waals surface area (Å²) >= 11 is 0. The number of aliphatic hydroxyl groups excluding tert-OH is 1. The standard InChI is InChI=1S/C16H18N2O2/c17-15(13-4-2-1-3-5-13)16(20)18-14-8-6-12(7-9-14)10-11-19/h1-9,15,19H,10-11,17H2,(H,18,20). The third kappa shape index (κ3) is 3.66. The fourth-order valence-electron chi connectivity index (χ4n) is 1.92. The van der Waals surface area contributed by atoms with Crippen molar-refractivity contribution in [1.29, 1.82) is 0 Å². The summed E-state index contributed by atoms with van der Waals surface area (Å²) in [5.41, 5.74) is 8.42. The Morgan fingerprint density at radius 1 is 1.10 bits per heavy atom. The molecule has 1 atom stereocenters. The molecule has 4 nitrogen and oxygen atoms in total. The zero-order valence-electron chi connectivity index (χ0n) is 11.1. The van der Waals surface area contributed by atoms with Gasteiger partial charge >= 0.3 is 0 Å². The lowest BCUT2D eigenvalue weighted by atomic mass is 10.1. The molecule has 0 heterocycles. The fraction of sp³-hybridized carbons (Fsp3) is 0.188. The Kier molecular flexibility index (Phi) is 4.87. The van der Waals surface area contributed by atoms with E-state index in [0.29, 0.717) is 12.1 Å². The van der Waals surface area contributed by atoms with Crippen LogP contribution in [0.5, 0.6) is 0 Å². The van der Waals surface area contributed by atoms with Gasteiger partial charge in [-0.2, -0.15) is 0 Å². The van der Waals surface area contributed by atoms with Crippen LogP contribution in [0.4, 0.5) is 5.69 Å². The monoisotopic (exact) mass is 270 g/mol. The molecule has 0 fully saturated rings. The molecule has 0 bridgehead atoms. The SMILES string of the molecule is NC(C(=O)Nc1ccc(CCO)cc1)c1ccccc1. The zero-order valence-corrected chi connectivity index (χ0v) is 11.1. The molecule has 0 aliphatic carbocycles. The van der Waals surface area contributed by atoms with Gasteiger partial charge in [-0.1, -0.05) is 42.5 Å². The van der Waals surface area contributed by atoms with E-state index in [0.717, 1.165) is 11.1 Å². The molecule has 0 radical (unpaired) electrons. The van der Waals surface area contributed by atoms with Crippen LogP contribution in [0.25, 0.3) is 0 Å². The second-order valence-electron chi connectivity index (χ2n) is 4.55. The van der Waals surface area contributed by atoms with Crippen LogP contribution in [0.15, 0.2) is 54.6 Å². The Morgan fingerprint density at radius 3 is 2.35 bits per heavy atom. The molecule has 2 aromatic carbocycles. The first-order valence-corrected chi connectivity index (χ1v) is 6.52. The number of anilines is 1. The number of carbonyl (C=O) groups excluding carboxylic acids is 1. The average molecular weight is 270 g/mol. The minimum atomic E-state index is -0.687. The van der Waals surface area contributed by atoms with Crippen LogP contribution in [0, 0.1) is 0 Å². The van der Waals surface area contributed by atoms with Gasteiger partial charge in [0.15, 0.2) is 0 Å². The van der Waals surface area contributed by atoms with Crippen molar-refractivity contribution in [3.05, 3.63) is 65.7 Å². The number of rotatable bonds is 5. The summed E-state index contributed by atoms with van der Waals surface area (Å²) < 4.78 is 0. The van der Waals surface area contributed by atoms with Gasteiger partial charge in [0.1, 0.15) is 6.04 Å². The van der Waals surface area contributed by atoms with E-state index >= 15 is 0 Å². The number of hydrogen-bond acceptors (Lipinski definition) is 3. The molecule has 0 aliphatic rings. The summed E-state index contributed by atoms with van der Waals surface area (Å²) in [7, 11) is 0. The van der Waals surface area contributed by atoms with E-state index in [1.165, 1.54) is 0 Å². The van der Waals surface area contributed by atoms with Crippen molar-refractivity contribution >= 4 is 11.6 Å². The van der Waals surface area contributed by atoms with Gasteiger partial charge in [0, 0.05) is 12.3 Å². The number of nitrogens with two attached hydrogens (primary N) is 1. The lowest BCUT2D eigenvalue weighted by molar-refractivity contribution is -0.117. The summed E-state index contributed by atoms with van der Waals surface area (Å²) in [6.07, 6.45) is 0.609. The topological polar surface area (TPSA) is 75.4 Å². The number of aliphatic hydroxyl groups is 1. The number of benzene rings is 2. The summed E-state index contributed by atoms with van der Waals surface area (Å²) in [6.45, 7) is 0.116. The molecule has 1 unspecified atom stereocenters. The van der Waals surface area contributed by atoms with Crippen molar-refractivity contribution < 1.29 is 9.90 Å². The van der Waals surface area contributed by atoms with Crippen molar-refractivity contribution in [1.82, 2.24) is 0 Å². The molecule has 0 saturated carbocycles. The van der Waals surface area contributed by atoms with Gasteiger partial charge in [0.2, 0.25) is 5.91 Å². The quantitative estimate of drug-likeness (QED) is 0.776. The largest absolute Gasteiger partial charge is 0.396 e. The molecule has 20 heavy (non-hydrogen) atoms. The minimum absolute atomic E-state index is 0.116. The third-order valence-corrected chi connectivity index (χ3v) is 3.06. The third-order valence-electron chi connectivity index (χ3n) is 3.06. The van der Waals surface area contributed by atoms with E-state index in [1.807, 2.05) is 42.5 Å². The summed E-state index contributed by atoms with van der Waals surface area (Å²) in [5, 5.41) is 11.6. The van der Waals surface area contributed by atoms with Crippen LogP contribution in [-0.2, 0) is 11.2 Å². The molecule has 2 rings (SSSR count). The Morgan fingerprint density at radius 2 is 1.75 bits per heavy atom. The number of nitrogens with one attached hydrogen (secondary N) is 1. The summed E-state index contributed by atoms with van der Waals surface area (Å²) in [5.74, 6) is -0.244. The summed E-state index contributed by atoms with van der Waals surface area (Å²) in [6, 6.07) is 15.9. The molecule has 4 heteroatoms. The van der Waals surface area contributed by atoms with E-state index in [4.69, 9.17) is 10.8 Å². The van der Waals surface area contributed by atoms with Crippen LogP contribution in [0.3, 0.4) is 0 Å². The maximum absolute atomic E-state index is 12.0. The van der Waals surface area contributed by atoms with Gasteiger partial charge in [0.05, 0.1) is 0 Å². The molecular weight excluding hydrogens is 252 g/mol. The molecule has 0 saturated heterocycles. The second-order valence-corrected chi connectivity index (χ2v) is 4.55. The Labute approximate surface area is 118 Å². The first-order valence-electron chi connectivity index (χ1n) is 6.52. The maximum Gasteiger partial charge on any atom is 0.245 e. The van der Waals surface area contributed by atoms with Crippen molar-refractivity contribution in [3.63, 3.8) is 0 Å². The molecular formula is C16H18N2O2. The number of amides is 1. The van der Waals surface area contributed by atoms with Gasteiger partial charge in [-0.3, -0.25) is 4.79 Å². The highest BCUT2D eigenvalue weighted by atomic mass is 16.2. The van der Waals surface area contributed by atoms with Crippen molar-refractivity contribution in [3.8, 4) is 0 Å². The smallest absolute Gasteiger partial charge is 0.245 e. The maximum atomic E-state index is 12.0. The lowest BCUT2D eigenvalue weighted by Crippen LogP contribution is -2.27.